The van der Waals surface area contributed by atoms with Gasteiger partial charge in [0, 0.05) is 10.7 Å². The minimum absolute atomic E-state index is 0.110. The van der Waals surface area contributed by atoms with Crippen LogP contribution in [0.4, 0.5) is 5.69 Å². The number of hydrogen-bond acceptors (Lipinski definition) is 3. The third kappa shape index (κ3) is 5.77. The van der Waals surface area contributed by atoms with Crippen LogP contribution >= 0.6 is 23.8 Å². The van der Waals surface area contributed by atoms with Crippen LogP contribution in [0.3, 0.4) is 0 Å². The molecule has 0 bridgehead atoms. The predicted molar refractivity (Wildman–Crippen MR) is 95.6 cm³/mol. The summed E-state index contributed by atoms with van der Waals surface area (Å²) in [4.78, 5) is 11.7. The zero-order chi connectivity index (χ0) is 16.7. The summed E-state index contributed by atoms with van der Waals surface area (Å²) in [5.74, 6) is 0.332. The molecule has 0 unspecified atom stereocenters. The molecular weight excluding hydrogens is 334 g/mol. The Bertz CT molecular complexity index is 692. The van der Waals surface area contributed by atoms with Crippen molar-refractivity contribution in [1.82, 2.24) is 10.9 Å². The van der Waals surface area contributed by atoms with Crippen LogP contribution in [-0.4, -0.2) is 17.6 Å². The van der Waals surface area contributed by atoms with E-state index in [1.807, 2.05) is 31.2 Å². The van der Waals surface area contributed by atoms with Crippen LogP contribution in [-0.2, 0) is 4.79 Å². The first-order valence-electron chi connectivity index (χ1n) is 6.84. The summed E-state index contributed by atoms with van der Waals surface area (Å²) in [6.07, 6.45) is 0. The highest BCUT2D eigenvalue weighted by molar-refractivity contribution is 7.80. The number of amides is 1. The van der Waals surface area contributed by atoms with E-state index in [-0.39, 0.29) is 17.6 Å². The van der Waals surface area contributed by atoms with E-state index in [4.69, 9.17) is 28.6 Å². The SMILES string of the molecule is Cc1ccccc1OCC(=O)NNC(=S)Nc1ccc(Cl)cc1. The molecule has 0 fully saturated rings. The minimum atomic E-state index is -0.339. The summed E-state index contributed by atoms with van der Waals surface area (Å²) in [5, 5.41) is 3.81. The minimum Gasteiger partial charge on any atom is -0.483 e. The number of carbonyl (C=O) groups is 1. The highest BCUT2D eigenvalue weighted by atomic mass is 35.5. The fourth-order valence-corrected chi connectivity index (χ4v) is 2.01. The van der Waals surface area contributed by atoms with Gasteiger partial charge in [-0.3, -0.25) is 15.6 Å². The summed E-state index contributed by atoms with van der Waals surface area (Å²) < 4.78 is 5.43. The van der Waals surface area contributed by atoms with Gasteiger partial charge in [0.25, 0.3) is 5.91 Å². The molecule has 5 nitrogen and oxygen atoms in total. The van der Waals surface area contributed by atoms with E-state index in [0.29, 0.717) is 10.8 Å². The van der Waals surface area contributed by atoms with Crippen molar-refractivity contribution in [2.45, 2.75) is 6.92 Å². The van der Waals surface area contributed by atoms with Crippen molar-refractivity contribution in [2.24, 2.45) is 0 Å². The summed E-state index contributed by atoms with van der Waals surface area (Å²) >= 11 is 10.9. The number of thiocarbonyl (C=S) groups is 1. The largest absolute Gasteiger partial charge is 0.483 e. The second-order valence-corrected chi connectivity index (χ2v) is 5.53. The lowest BCUT2D eigenvalue weighted by Gasteiger charge is -2.12. The highest BCUT2D eigenvalue weighted by Gasteiger charge is 2.05. The van der Waals surface area contributed by atoms with Gasteiger partial charge < -0.3 is 10.1 Å². The highest BCUT2D eigenvalue weighted by Crippen LogP contribution is 2.15. The maximum atomic E-state index is 11.7. The first-order valence-corrected chi connectivity index (χ1v) is 7.63. The Kier molecular flexibility index (Phi) is 6.19. The fourth-order valence-electron chi connectivity index (χ4n) is 1.72. The summed E-state index contributed by atoms with van der Waals surface area (Å²) in [6, 6.07) is 14.5. The Morgan fingerprint density at radius 3 is 2.52 bits per heavy atom. The quantitative estimate of drug-likeness (QED) is 0.585. The van der Waals surface area contributed by atoms with Crippen molar-refractivity contribution in [3.8, 4) is 5.75 Å². The number of hydrogen-bond donors (Lipinski definition) is 3. The number of aryl methyl sites for hydroxylation is 1. The lowest BCUT2D eigenvalue weighted by Crippen LogP contribution is -2.45. The van der Waals surface area contributed by atoms with E-state index >= 15 is 0 Å². The van der Waals surface area contributed by atoms with Gasteiger partial charge in [-0.05, 0) is 55.0 Å². The van der Waals surface area contributed by atoms with Crippen LogP contribution in [0.5, 0.6) is 5.75 Å². The molecule has 2 aromatic rings. The molecule has 2 rings (SSSR count). The van der Waals surface area contributed by atoms with Crippen molar-refractivity contribution in [2.75, 3.05) is 11.9 Å². The van der Waals surface area contributed by atoms with E-state index in [1.54, 1.807) is 24.3 Å². The van der Waals surface area contributed by atoms with Crippen molar-refractivity contribution < 1.29 is 9.53 Å². The van der Waals surface area contributed by atoms with Gasteiger partial charge in [0.15, 0.2) is 11.7 Å². The maximum absolute atomic E-state index is 11.7. The van der Waals surface area contributed by atoms with Crippen LogP contribution in [0.2, 0.25) is 5.02 Å². The Morgan fingerprint density at radius 1 is 1.13 bits per heavy atom. The molecular formula is C16H16ClN3O2S. The van der Waals surface area contributed by atoms with Gasteiger partial charge in [0.1, 0.15) is 5.75 Å². The number of benzene rings is 2. The normalized spacial score (nSPS) is 9.83. The van der Waals surface area contributed by atoms with E-state index in [1.165, 1.54) is 0 Å². The molecule has 0 saturated heterocycles. The average Bonchev–Trinajstić information content (AvgIpc) is 2.54. The van der Waals surface area contributed by atoms with E-state index in [9.17, 15) is 4.79 Å². The molecule has 23 heavy (non-hydrogen) atoms. The average molecular weight is 350 g/mol. The molecule has 0 heterocycles. The molecule has 2 aromatic carbocycles. The van der Waals surface area contributed by atoms with E-state index in [0.717, 1.165) is 11.3 Å². The molecule has 0 aliphatic heterocycles. The maximum Gasteiger partial charge on any atom is 0.276 e. The van der Waals surface area contributed by atoms with Crippen LogP contribution in [0.25, 0.3) is 0 Å². The van der Waals surface area contributed by atoms with E-state index < -0.39 is 0 Å². The number of anilines is 1. The van der Waals surface area contributed by atoms with Gasteiger partial charge in [0.05, 0.1) is 0 Å². The van der Waals surface area contributed by atoms with E-state index in [2.05, 4.69) is 16.2 Å². The van der Waals surface area contributed by atoms with Crippen molar-refractivity contribution >= 4 is 40.5 Å². The zero-order valence-electron chi connectivity index (χ0n) is 12.4. The molecule has 120 valence electrons. The molecule has 0 spiro atoms. The summed E-state index contributed by atoms with van der Waals surface area (Å²) in [6.45, 7) is 1.80. The molecule has 0 aliphatic rings. The van der Waals surface area contributed by atoms with Crippen LogP contribution in [0, 0.1) is 6.92 Å². The second kappa shape index (κ2) is 8.36. The molecule has 0 atom stereocenters. The number of carbonyl (C=O) groups excluding carboxylic acids is 1. The third-order valence-corrected chi connectivity index (χ3v) is 3.33. The monoisotopic (exact) mass is 349 g/mol. The zero-order valence-corrected chi connectivity index (χ0v) is 14.0. The lowest BCUT2D eigenvalue weighted by atomic mass is 10.2. The van der Waals surface area contributed by atoms with Crippen molar-refractivity contribution in [1.29, 1.82) is 0 Å². The predicted octanol–water partition coefficient (Wildman–Crippen LogP) is 3.05. The fraction of sp³-hybridized carbons (Fsp3) is 0.125. The Hall–Kier alpha value is -2.31. The van der Waals surface area contributed by atoms with Crippen LogP contribution in [0.1, 0.15) is 5.56 Å². The number of nitrogens with one attached hydrogen (secondary N) is 3. The number of hydrazine groups is 1. The molecule has 0 aromatic heterocycles. The number of rotatable bonds is 4. The van der Waals surface area contributed by atoms with Crippen molar-refractivity contribution in [3.63, 3.8) is 0 Å². The van der Waals surface area contributed by atoms with Crippen LogP contribution in [0.15, 0.2) is 48.5 Å². The molecule has 0 aliphatic carbocycles. The first-order chi connectivity index (χ1) is 11.0. The molecule has 1 amide bonds. The number of halogens is 1. The standard InChI is InChI=1S/C16H16ClN3O2S/c1-11-4-2-3-5-14(11)22-10-15(21)19-20-16(23)18-13-8-6-12(17)7-9-13/h2-9H,10H2,1H3,(H,19,21)(H2,18,20,23). The van der Waals surface area contributed by atoms with Gasteiger partial charge in [-0.1, -0.05) is 29.8 Å². The Labute approximate surface area is 145 Å². The van der Waals surface area contributed by atoms with Gasteiger partial charge in [-0.25, -0.2) is 0 Å². The molecule has 0 saturated carbocycles. The van der Waals surface area contributed by atoms with Crippen molar-refractivity contribution in [3.05, 3.63) is 59.1 Å². The summed E-state index contributed by atoms with van der Waals surface area (Å²) in [7, 11) is 0. The third-order valence-electron chi connectivity index (χ3n) is 2.87. The summed E-state index contributed by atoms with van der Waals surface area (Å²) in [5.41, 5.74) is 6.79. The molecule has 7 heteroatoms. The lowest BCUT2D eigenvalue weighted by molar-refractivity contribution is -0.123. The Morgan fingerprint density at radius 2 is 1.83 bits per heavy atom. The van der Waals surface area contributed by atoms with Gasteiger partial charge in [-0.2, -0.15) is 0 Å². The number of para-hydroxylation sites is 1. The van der Waals surface area contributed by atoms with Gasteiger partial charge in [-0.15, -0.1) is 0 Å². The Balaban J connectivity index is 1.72. The molecule has 3 N–H and O–H groups in total. The van der Waals surface area contributed by atoms with Crippen LogP contribution < -0.4 is 20.9 Å². The topological polar surface area (TPSA) is 62.4 Å². The smallest absolute Gasteiger partial charge is 0.276 e. The van der Waals surface area contributed by atoms with Gasteiger partial charge >= 0.3 is 0 Å². The first kappa shape index (κ1) is 17.1. The number of ether oxygens (including phenoxy) is 1. The second-order valence-electron chi connectivity index (χ2n) is 4.69. The molecule has 0 radical (unpaired) electrons. The van der Waals surface area contributed by atoms with Gasteiger partial charge in [0.2, 0.25) is 0 Å².